The third kappa shape index (κ3) is 8.46. The van der Waals surface area contributed by atoms with Gasteiger partial charge in [0.1, 0.15) is 5.75 Å². The van der Waals surface area contributed by atoms with E-state index < -0.39 is 0 Å². The van der Waals surface area contributed by atoms with Gasteiger partial charge in [0, 0.05) is 4.90 Å². The third-order valence-electron chi connectivity index (χ3n) is 4.72. The van der Waals surface area contributed by atoms with Gasteiger partial charge < -0.3 is 10.1 Å². The maximum atomic E-state index is 12.1. The Morgan fingerprint density at radius 2 is 1.67 bits per heavy atom. The summed E-state index contributed by atoms with van der Waals surface area (Å²) in [4.78, 5) is 25.1. The highest BCUT2D eigenvalue weighted by molar-refractivity contribution is 8.00. The van der Waals surface area contributed by atoms with Crippen molar-refractivity contribution < 1.29 is 14.3 Å². The van der Waals surface area contributed by atoms with Crippen molar-refractivity contribution in [1.29, 1.82) is 0 Å². The average molecular weight is 462 g/mol. The molecule has 0 saturated carbocycles. The first-order valence-electron chi connectivity index (χ1n) is 10.6. The zero-order chi connectivity index (χ0) is 23.5. The van der Waals surface area contributed by atoms with E-state index in [-0.39, 0.29) is 30.2 Å². The first-order valence-corrected chi connectivity index (χ1v) is 11.6. The highest BCUT2D eigenvalue weighted by Gasteiger charge is 2.09. The van der Waals surface area contributed by atoms with Crippen LogP contribution in [0.25, 0.3) is 0 Å². The molecule has 7 heteroatoms. The Labute approximate surface area is 198 Å². The molecule has 2 amide bonds. The maximum absolute atomic E-state index is 12.1. The first kappa shape index (κ1) is 24.1. The number of hydrazone groups is 1. The second kappa shape index (κ2) is 12.5. The zero-order valence-corrected chi connectivity index (χ0v) is 19.5. The van der Waals surface area contributed by atoms with Crippen LogP contribution >= 0.6 is 11.8 Å². The molecule has 0 unspecified atom stereocenters. The third-order valence-corrected chi connectivity index (χ3v) is 5.73. The number of carbonyl (C=O) groups is 2. The van der Waals surface area contributed by atoms with E-state index in [0.717, 1.165) is 16.0 Å². The number of hydrogen-bond donors (Lipinski definition) is 2. The van der Waals surface area contributed by atoms with E-state index >= 15 is 0 Å². The van der Waals surface area contributed by atoms with Crippen molar-refractivity contribution in [2.24, 2.45) is 5.10 Å². The Hall–Kier alpha value is -3.58. The average Bonchev–Trinajstić information content (AvgIpc) is 2.84. The van der Waals surface area contributed by atoms with Gasteiger partial charge in [0.15, 0.2) is 6.61 Å². The summed E-state index contributed by atoms with van der Waals surface area (Å²) in [6, 6.07) is 24.8. The number of amides is 2. The van der Waals surface area contributed by atoms with Crippen molar-refractivity contribution in [1.82, 2.24) is 10.7 Å². The lowest BCUT2D eigenvalue weighted by Gasteiger charge is -2.14. The Morgan fingerprint density at radius 3 is 2.36 bits per heavy atom. The van der Waals surface area contributed by atoms with Gasteiger partial charge in [-0.1, -0.05) is 48.0 Å². The molecule has 0 aliphatic rings. The van der Waals surface area contributed by atoms with Gasteiger partial charge in [-0.25, -0.2) is 5.43 Å². The Balaban J connectivity index is 1.37. The van der Waals surface area contributed by atoms with Crippen LogP contribution in [-0.2, 0) is 9.59 Å². The lowest BCUT2D eigenvalue weighted by Crippen LogP contribution is -2.31. The number of ether oxygens (including phenoxy) is 1. The minimum absolute atomic E-state index is 0.0701. The van der Waals surface area contributed by atoms with Crippen molar-refractivity contribution in [2.75, 3.05) is 12.4 Å². The van der Waals surface area contributed by atoms with Crippen LogP contribution in [0.5, 0.6) is 5.75 Å². The fourth-order valence-corrected chi connectivity index (χ4v) is 3.59. The number of benzene rings is 3. The Bertz CT molecular complexity index is 1070. The molecule has 0 bridgehead atoms. The van der Waals surface area contributed by atoms with Gasteiger partial charge in [0.25, 0.3) is 5.91 Å². The number of thioether (sulfide) groups is 1. The predicted molar refractivity (Wildman–Crippen MR) is 133 cm³/mol. The normalized spacial score (nSPS) is 11.7. The van der Waals surface area contributed by atoms with Gasteiger partial charge >= 0.3 is 0 Å². The van der Waals surface area contributed by atoms with Gasteiger partial charge in [-0.05, 0) is 61.4 Å². The van der Waals surface area contributed by atoms with E-state index in [0.29, 0.717) is 5.75 Å². The van der Waals surface area contributed by atoms with Crippen molar-refractivity contribution >= 4 is 29.8 Å². The van der Waals surface area contributed by atoms with Crippen LogP contribution < -0.4 is 15.5 Å². The zero-order valence-electron chi connectivity index (χ0n) is 18.7. The molecule has 0 saturated heterocycles. The van der Waals surface area contributed by atoms with E-state index in [1.54, 1.807) is 30.5 Å². The summed E-state index contributed by atoms with van der Waals surface area (Å²) < 4.78 is 5.55. The van der Waals surface area contributed by atoms with E-state index in [2.05, 4.69) is 15.8 Å². The Kier molecular flexibility index (Phi) is 9.08. The van der Waals surface area contributed by atoms with Gasteiger partial charge in [-0.3, -0.25) is 9.59 Å². The fraction of sp³-hybridized carbons (Fsp3) is 0.192. The molecule has 3 rings (SSSR count). The number of aryl methyl sites for hydroxylation is 1. The quantitative estimate of drug-likeness (QED) is 0.265. The topological polar surface area (TPSA) is 79.8 Å². The van der Waals surface area contributed by atoms with Crippen LogP contribution in [0.2, 0.25) is 0 Å². The molecule has 0 fully saturated rings. The van der Waals surface area contributed by atoms with Crippen molar-refractivity contribution in [3.63, 3.8) is 0 Å². The molecular weight excluding hydrogens is 434 g/mol. The summed E-state index contributed by atoms with van der Waals surface area (Å²) in [5.74, 6) is 0.502. The smallest absolute Gasteiger partial charge is 0.258 e. The number of carbonyl (C=O) groups excluding carboxylic acids is 2. The number of nitrogens with zero attached hydrogens (tertiary/aromatic N) is 1. The maximum Gasteiger partial charge on any atom is 0.258 e. The number of rotatable bonds is 10. The highest BCUT2D eigenvalue weighted by Crippen LogP contribution is 2.18. The lowest BCUT2D eigenvalue weighted by molar-refractivity contribution is -0.123. The molecule has 0 radical (unpaired) electrons. The van der Waals surface area contributed by atoms with E-state index in [4.69, 9.17) is 4.74 Å². The molecule has 2 N–H and O–H groups in total. The highest BCUT2D eigenvalue weighted by atomic mass is 32.2. The summed E-state index contributed by atoms with van der Waals surface area (Å²) >= 11 is 1.46. The largest absolute Gasteiger partial charge is 0.484 e. The monoisotopic (exact) mass is 461 g/mol. The van der Waals surface area contributed by atoms with Crippen molar-refractivity contribution in [3.05, 3.63) is 95.6 Å². The standard InChI is InChI=1S/C26H27N3O3S/c1-19-8-14-24(15-9-19)33-18-26(31)29-27-16-21-10-12-23(13-11-21)32-17-25(30)28-20(2)22-6-4-3-5-7-22/h3-16,20H,17-18H2,1-2H3,(H,28,30)(H,29,31)/b27-16-/t20-/m0/s1. The van der Waals surface area contributed by atoms with Crippen LogP contribution in [0.15, 0.2) is 88.9 Å². The van der Waals surface area contributed by atoms with Crippen LogP contribution in [0.3, 0.4) is 0 Å². The molecule has 0 aromatic heterocycles. The molecule has 3 aromatic rings. The second-order valence-electron chi connectivity index (χ2n) is 7.45. The van der Waals surface area contributed by atoms with Crippen molar-refractivity contribution in [3.8, 4) is 5.75 Å². The molecule has 1 atom stereocenters. The molecule has 170 valence electrons. The minimum Gasteiger partial charge on any atom is -0.484 e. The van der Waals surface area contributed by atoms with Gasteiger partial charge in [-0.15, -0.1) is 11.8 Å². The van der Waals surface area contributed by atoms with Crippen molar-refractivity contribution in [2.45, 2.75) is 24.8 Å². The SMILES string of the molecule is Cc1ccc(SCC(=O)N/N=C\c2ccc(OCC(=O)N[C@@H](C)c3ccccc3)cc2)cc1. The van der Waals surface area contributed by atoms with Gasteiger partial charge in [0.2, 0.25) is 5.91 Å². The summed E-state index contributed by atoms with van der Waals surface area (Å²) in [5, 5.41) is 6.90. The summed E-state index contributed by atoms with van der Waals surface area (Å²) in [7, 11) is 0. The minimum atomic E-state index is -0.191. The van der Waals surface area contributed by atoms with Crippen LogP contribution in [-0.4, -0.2) is 30.4 Å². The number of hydrogen-bond acceptors (Lipinski definition) is 5. The molecule has 0 spiro atoms. The molecule has 0 aliphatic carbocycles. The second-order valence-corrected chi connectivity index (χ2v) is 8.50. The number of nitrogens with one attached hydrogen (secondary N) is 2. The van der Waals surface area contributed by atoms with Crippen LogP contribution in [0.1, 0.15) is 29.7 Å². The molecule has 0 aliphatic heterocycles. The van der Waals surface area contributed by atoms with E-state index in [9.17, 15) is 9.59 Å². The lowest BCUT2D eigenvalue weighted by atomic mass is 10.1. The summed E-state index contributed by atoms with van der Waals surface area (Å²) in [6.45, 7) is 3.89. The van der Waals surface area contributed by atoms with E-state index in [1.807, 2.05) is 68.4 Å². The van der Waals surface area contributed by atoms with E-state index in [1.165, 1.54) is 17.3 Å². The molecule has 33 heavy (non-hydrogen) atoms. The molecule has 6 nitrogen and oxygen atoms in total. The molecular formula is C26H27N3O3S. The summed E-state index contributed by atoms with van der Waals surface area (Å²) in [5.41, 5.74) is 5.55. The summed E-state index contributed by atoms with van der Waals surface area (Å²) in [6.07, 6.45) is 1.56. The van der Waals surface area contributed by atoms with Crippen LogP contribution in [0.4, 0.5) is 0 Å². The molecule has 3 aromatic carbocycles. The van der Waals surface area contributed by atoms with Crippen LogP contribution in [0, 0.1) is 6.92 Å². The fourth-order valence-electron chi connectivity index (χ4n) is 2.90. The van der Waals surface area contributed by atoms with Gasteiger partial charge in [-0.2, -0.15) is 5.10 Å². The Morgan fingerprint density at radius 1 is 0.970 bits per heavy atom. The molecule has 0 heterocycles. The predicted octanol–water partition coefficient (Wildman–Crippen LogP) is 4.49. The van der Waals surface area contributed by atoms with Gasteiger partial charge in [0.05, 0.1) is 18.0 Å². The first-order chi connectivity index (χ1) is 16.0.